The molecule has 1 spiro atoms. The molecule has 2 aliphatic heterocycles. The van der Waals surface area contributed by atoms with E-state index in [0.29, 0.717) is 13.0 Å². The van der Waals surface area contributed by atoms with Gasteiger partial charge in [0.25, 0.3) is 5.91 Å². The highest BCUT2D eigenvalue weighted by Crippen LogP contribution is 2.33. The average Bonchev–Trinajstić information content (AvgIpc) is 2.80. The molecular formula is C28H38N2O3. The van der Waals surface area contributed by atoms with Crippen LogP contribution in [-0.4, -0.2) is 59.4 Å². The third-order valence-electron chi connectivity index (χ3n) is 6.64. The number of amides is 1. The predicted octanol–water partition coefficient (Wildman–Crippen LogP) is 4.33. The van der Waals surface area contributed by atoms with Gasteiger partial charge in [0.1, 0.15) is 11.9 Å². The number of carbonyl (C=O) groups is 2. The molecule has 2 heterocycles. The van der Waals surface area contributed by atoms with Crippen LogP contribution in [0.4, 0.5) is 0 Å². The van der Waals surface area contributed by atoms with Crippen LogP contribution in [0.1, 0.15) is 44.7 Å². The van der Waals surface area contributed by atoms with Crippen LogP contribution in [0.3, 0.4) is 0 Å². The fourth-order valence-electron chi connectivity index (χ4n) is 4.55. The highest BCUT2D eigenvalue weighted by atomic mass is 16.5. The summed E-state index contributed by atoms with van der Waals surface area (Å²) < 4.78 is 6.25. The summed E-state index contributed by atoms with van der Waals surface area (Å²) in [7, 11) is 0. The summed E-state index contributed by atoms with van der Waals surface area (Å²) in [4.78, 5) is 28.9. The maximum atomic E-state index is 12.5. The van der Waals surface area contributed by atoms with Gasteiger partial charge in [0.15, 0.2) is 0 Å². The Morgan fingerprint density at radius 2 is 1.94 bits per heavy atom. The first kappa shape index (κ1) is 25.1. The predicted molar refractivity (Wildman–Crippen MR) is 133 cm³/mol. The Balaban J connectivity index is 1.52. The summed E-state index contributed by atoms with van der Waals surface area (Å²) in [5, 5.41) is 0. The maximum absolute atomic E-state index is 12.5. The Bertz CT molecular complexity index is 894. The lowest BCUT2D eigenvalue weighted by Crippen LogP contribution is -2.60. The van der Waals surface area contributed by atoms with E-state index in [1.807, 2.05) is 51.3 Å². The van der Waals surface area contributed by atoms with Crippen LogP contribution < -0.4 is 0 Å². The van der Waals surface area contributed by atoms with Crippen LogP contribution >= 0.6 is 0 Å². The molecule has 1 aromatic carbocycles. The van der Waals surface area contributed by atoms with Gasteiger partial charge in [-0.15, -0.1) is 0 Å². The van der Waals surface area contributed by atoms with Crippen molar-refractivity contribution < 1.29 is 14.3 Å². The van der Waals surface area contributed by atoms with Gasteiger partial charge in [0.2, 0.25) is 0 Å². The highest BCUT2D eigenvalue weighted by Gasteiger charge is 2.44. The van der Waals surface area contributed by atoms with Crippen LogP contribution in [0, 0.1) is 5.92 Å². The van der Waals surface area contributed by atoms with Crippen molar-refractivity contribution in [1.29, 1.82) is 0 Å². The summed E-state index contributed by atoms with van der Waals surface area (Å²) in [5.74, 6) is 0.376. The van der Waals surface area contributed by atoms with Gasteiger partial charge < -0.3 is 14.5 Å². The number of morpholine rings is 1. The number of rotatable bonds is 9. The zero-order chi connectivity index (χ0) is 23.8. The van der Waals surface area contributed by atoms with Crippen molar-refractivity contribution in [2.24, 2.45) is 5.92 Å². The van der Waals surface area contributed by atoms with Crippen molar-refractivity contribution in [3.05, 3.63) is 72.5 Å². The van der Waals surface area contributed by atoms with Gasteiger partial charge in [0.05, 0.1) is 12.1 Å². The third kappa shape index (κ3) is 6.99. The zero-order valence-corrected chi connectivity index (χ0v) is 20.3. The molecule has 3 rings (SSSR count). The average molecular weight is 451 g/mol. The first-order valence-electron chi connectivity index (χ1n) is 12.1. The van der Waals surface area contributed by atoms with Gasteiger partial charge in [-0.1, -0.05) is 62.9 Å². The Morgan fingerprint density at radius 3 is 2.64 bits per heavy atom. The molecule has 33 heavy (non-hydrogen) atoms. The molecule has 1 unspecified atom stereocenters. The van der Waals surface area contributed by atoms with E-state index in [1.54, 1.807) is 11.0 Å². The third-order valence-corrected chi connectivity index (χ3v) is 6.64. The normalized spacial score (nSPS) is 21.5. The molecule has 0 saturated carbocycles. The molecule has 178 valence electrons. The standard InChI is InChI=1S/C28H38N2O3/c1-5-6-7-8-15-30-21-28(33-23(4)27(30)32)13-17-29(18-14-28)16-12-24-10-9-11-25(19-24)20-26(31)22(2)3/h5-11,15,19,22-23H,1,12-14,16-18,20-21H2,2-4H3/b7-6-,15-8+. The molecule has 1 atom stereocenters. The Hall–Kier alpha value is -2.50. The number of nitrogens with zero attached hydrogens (tertiary/aromatic N) is 2. The molecule has 5 heteroatoms. The number of hydrogen-bond acceptors (Lipinski definition) is 4. The van der Waals surface area contributed by atoms with Gasteiger partial charge in [-0.25, -0.2) is 0 Å². The topological polar surface area (TPSA) is 49.9 Å². The molecule has 1 amide bonds. The molecule has 0 bridgehead atoms. The van der Waals surface area contributed by atoms with Crippen LogP contribution in [0.25, 0.3) is 0 Å². The maximum Gasteiger partial charge on any atom is 0.255 e. The van der Waals surface area contributed by atoms with E-state index < -0.39 is 6.10 Å². The van der Waals surface area contributed by atoms with Gasteiger partial charge in [0, 0.05) is 38.2 Å². The smallest absolute Gasteiger partial charge is 0.255 e. The van der Waals surface area contributed by atoms with Crippen molar-refractivity contribution in [2.45, 2.75) is 58.2 Å². The summed E-state index contributed by atoms with van der Waals surface area (Å²) >= 11 is 0. The number of likely N-dealkylation sites (tertiary alicyclic amines) is 1. The van der Waals surface area contributed by atoms with Crippen molar-refractivity contribution in [1.82, 2.24) is 9.80 Å². The van der Waals surface area contributed by atoms with E-state index in [1.165, 1.54) is 5.56 Å². The second kappa shape index (κ2) is 11.6. The largest absolute Gasteiger partial charge is 0.360 e. The number of piperidine rings is 1. The summed E-state index contributed by atoms with van der Waals surface area (Å²) in [5.41, 5.74) is 2.11. The number of hydrogen-bond donors (Lipinski definition) is 0. The number of ketones is 1. The quantitative estimate of drug-likeness (QED) is 0.526. The van der Waals surface area contributed by atoms with Crippen molar-refractivity contribution >= 4 is 11.7 Å². The number of ether oxygens (including phenoxy) is 1. The minimum absolute atomic E-state index is 0.0159. The Kier molecular flexibility index (Phi) is 8.81. The van der Waals surface area contributed by atoms with E-state index >= 15 is 0 Å². The van der Waals surface area contributed by atoms with E-state index in [9.17, 15) is 9.59 Å². The van der Waals surface area contributed by atoms with Crippen LogP contribution in [0.15, 0.2) is 61.3 Å². The van der Waals surface area contributed by atoms with Crippen molar-refractivity contribution in [3.63, 3.8) is 0 Å². The second-order valence-corrected chi connectivity index (χ2v) is 9.58. The number of allylic oxidation sites excluding steroid dienone is 4. The summed E-state index contributed by atoms with van der Waals surface area (Å²) in [6.07, 6.45) is 12.1. The molecular weight excluding hydrogens is 412 g/mol. The van der Waals surface area contributed by atoms with Crippen LogP contribution in [0.2, 0.25) is 0 Å². The number of Topliss-reactive ketones (excluding diaryl/α,β-unsaturated/α-hetero) is 1. The van der Waals surface area contributed by atoms with E-state index in [2.05, 4.69) is 29.7 Å². The molecule has 0 aromatic heterocycles. The first-order valence-corrected chi connectivity index (χ1v) is 12.1. The zero-order valence-electron chi connectivity index (χ0n) is 20.3. The molecule has 0 radical (unpaired) electrons. The van der Waals surface area contributed by atoms with Gasteiger partial charge in [-0.3, -0.25) is 9.59 Å². The van der Waals surface area contributed by atoms with Crippen molar-refractivity contribution in [3.8, 4) is 0 Å². The fourth-order valence-corrected chi connectivity index (χ4v) is 4.55. The Morgan fingerprint density at radius 1 is 1.21 bits per heavy atom. The molecule has 2 fully saturated rings. The van der Waals surface area contributed by atoms with Crippen LogP contribution in [-0.2, 0) is 27.2 Å². The molecule has 0 N–H and O–H groups in total. The first-order chi connectivity index (χ1) is 15.8. The van der Waals surface area contributed by atoms with E-state index in [-0.39, 0.29) is 23.2 Å². The van der Waals surface area contributed by atoms with E-state index in [0.717, 1.165) is 44.5 Å². The summed E-state index contributed by atoms with van der Waals surface area (Å²) in [6.45, 7) is 12.9. The lowest BCUT2D eigenvalue weighted by Gasteiger charge is -2.48. The van der Waals surface area contributed by atoms with Gasteiger partial charge in [-0.2, -0.15) is 0 Å². The molecule has 2 aliphatic rings. The van der Waals surface area contributed by atoms with E-state index in [4.69, 9.17) is 4.74 Å². The van der Waals surface area contributed by atoms with Gasteiger partial charge in [-0.05, 0) is 43.4 Å². The number of benzene rings is 1. The second-order valence-electron chi connectivity index (χ2n) is 9.58. The lowest BCUT2D eigenvalue weighted by atomic mass is 9.88. The van der Waals surface area contributed by atoms with Gasteiger partial charge >= 0.3 is 0 Å². The van der Waals surface area contributed by atoms with Crippen LogP contribution in [0.5, 0.6) is 0 Å². The molecule has 0 aliphatic carbocycles. The number of carbonyl (C=O) groups excluding carboxylic acids is 2. The summed E-state index contributed by atoms with van der Waals surface area (Å²) in [6, 6.07) is 8.43. The minimum atomic E-state index is -0.422. The fraction of sp³-hybridized carbons (Fsp3) is 0.500. The monoisotopic (exact) mass is 450 g/mol. The lowest BCUT2D eigenvalue weighted by molar-refractivity contribution is -0.184. The highest BCUT2D eigenvalue weighted by molar-refractivity contribution is 5.83. The molecule has 2 saturated heterocycles. The molecule has 1 aromatic rings. The SMILES string of the molecule is C=C/C=C\C=C\N1CC2(CCN(CCc3cccc(CC(=O)C(C)C)c3)CC2)OC(C)C1=O. The minimum Gasteiger partial charge on any atom is -0.360 e. The molecule has 5 nitrogen and oxygen atoms in total. The Labute approximate surface area is 198 Å². The van der Waals surface area contributed by atoms with Crippen molar-refractivity contribution in [2.75, 3.05) is 26.2 Å².